The van der Waals surface area contributed by atoms with Crippen molar-refractivity contribution in [1.29, 1.82) is 0 Å². The lowest BCUT2D eigenvalue weighted by molar-refractivity contribution is -0.141. The van der Waals surface area contributed by atoms with Gasteiger partial charge >= 0.3 is 5.97 Å². The maximum atomic E-state index is 11.7. The van der Waals surface area contributed by atoms with Crippen LogP contribution in [0, 0.1) is 0 Å². The first kappa shape index (κ1) is 22.7. The fourth-order valence-corrected chi connectivity index (χ4v) is 2.56. The van der Waals surface area contributed by atoms with Gasteiger partial charge in [-0.05, 0) is 55.5 Å². The second-order valence-electron chi connectivity index (χ2n) is 5.99. The molecule has 30 heavy (non-hydrogen) atoms. The van der Waals surface area contributed by atoms with Gasteiger partial charge in [-0.25, -0.2) is 0 Å². The Bertz CT molecular complexity index is 811. The van der Waals surface area contributed by atoms with Crippen LogP contribution in [0.3, 0.4) is 0 Å². The van der Waals surface area contributed by atoms with Gasteiger partial charge in [0.25, 0.3) is 0 Å². The predicted octanol–water partition coefficient (Wildman–Crippen LogP) is 3.43. The Balaban J connectivity index is 2.24. The molecule has 2 rings (SSSR count). The molecule has 0 fully saturated rings. The zero-order chi connectivity index (χ0) is 21.8. The van der Waals surface area contributed by atoms with Gasteiger partial charge in [-0.15, -0.1) is 0 Å². The molecule has 0 aromatic heterocycles. The molecule has 0 aliphatic carbocycles. The molecule has 0 spiro atoms. The van der Waals surface area contributed by atoms with Crippen molar-refractivity contribution in [3.05, 3.63) is 59.7 Å². The summed E-state index contributed by atoms with van der Waals surface area (Å²) < 4.78 is 15.4. The average molecular weight is 414 g/mol. The maximum Gasteiger partial charge on any atom is 0.311 e. The quantitative estimate of drug-likeness (QED) is 0.318. The molecule has 8 heteroatoms. The van der Waals surface area contributed by atoms with Crippen LogP contribution in [-0.2, 0) is 19.2 Å². The van der Waals surface area contributed by atoms with Crippen molar-refractivity contribution in [2.75, 3.05) is 34.5 Å². The Labute approximate surface area is 176 Å². The Morgan fingerprint density at radius 3 is 1.80 bits per heavy atom. The lowest BCUT2D eigenvalue weighted by Crippen LogP contribution is -2.16. The number of esters is 1. The van der Waals surface area contributed by atoms with Crippen LogP contribution in [0.15, 0.2) is 58.8 Å². The van der Waals surface area contributed by atoms with Crippen molar-refractivity contribution >= 4 is 17.4 Å². The SMILES string of the molecule is CCOC(=O)CC(CON=C(c1ccc(OC)cc1)c1ccc(OC)cc1)=NOC. The highest BCUT2D eigenvalue weighted by atomic mass is 16.6. The third-order valence-electron chi connectivity index (χ3n) is 3.99. The topological polar surface area (TPSA) is 87.9 Å². The summed E-state index contributed by atoms with van der Waals surface area (Å²) in [5.74, 6) is 1.06. The van der Waals surface area contributed by atoms with Gasteiger partial charge in [0.1, 0.15) is 30.0 Å². The van der Waals surface area contributed by atoms with E-state index in [4.69, 9.17) is 23.9 Å². The van der Waals surface area contributed by atoms with E-state index in [-0.39, 0.29) is 19.6 Å². The molecule has 0 bridgehead atoms. The van der Waals surface area contributed by atoms with Gasteiger partial charge in [-0.3, -0.25) is 4.79 Å². The van der Waals surface area contributed by atoms with Gasteiger partial charge in [0, 0.05) is 11.1 Å². The van der Waals surface area contributed by atoms with E-state index in [1.54, 1.807) is 21.1 Å². The van der Waals surface area contributed by atoms with E-state index in [1.165, 1.54) is 7.11 Å². The highest BCUT2D eigenvalue weighted by Crippen LogP contribution is 2.18. The molecule has 0 atom stereocenters. The Morgan fingerprint density at radius 1 is 0.833 bits per heavy atom. The summed E-state index contributed by atoms with van der Waals surface area (Å²) in [7, 11) is 4.61. The van der Waals surface area contributed by atoms with Crippen LogP contribution < -0.4 is 9.47 Å². The maximum absolute atomic E-state index is 11.7. The standard InChI is InChI=1S/C22H26N2O6/c1-5-29-21(25)14-18(23-28-4)15-30-24-22(16-6-10-19(26-2)11-7-16)17-8-12-20(27-3)13-9-17/h6-13H,5,14-15H2,1-4H3. The normalized spacial score (nSPS) is 10.7. The lowest BCUT2D eigenvalue weighted by Gasteiger charge is -2.10. The first-order valence-electron chi connectivity index (χ1n) is 9.34. The van der Waals surface area contributed by atoms with E-state index in [0.717, 1.165) is 22.6 Å². The molecule has 0 amide bonds. The number of oxime groups is 2. The van der Waals surface area contributed by atoms with E-state index in [9.17, 15) is 4.79 Å². The number of hydrogen-bond acceptors (Lipinski definition) is 8. The first-order chi connectivity index (χ1) is 14.6. The van der Waals surface area contributed by atoms with Gasteiger partial charge in [0.05, 0.1) is 27.2 Å². The van der Waals surface area contributed by atoms with Gasteiger partial charge in [-0.1, -0.05) is 10.3 Å². The Morgan fingerprint density at radius 2 is 1.37 bits per heavy atom. The molecule has 2 aromatic rings. The van der Waals surface area contributed by atoms with Gasteiger partial charge in [0.2, 0.25) is 0 Å². The minimum Gasteiger partial charge on any atom is -0.497 e. The molecule has 0 saturated heterocycles. The first-order valence-corrected chi connectivity index (χ1v) is 9.34. The third kappa shape index (κ3) is 6.80. The van der Waals surface area contributed by atoms with Crippen LogP contribution in [0.5, 0.6) is 11.5 Å². The van der Waals surface area contributed by atoms with Crippen LogP contribution in [-0.4, -0.2) is 51.9 Å². The van der Waals surface area contributed by atoms with Crippen LogP contribution in [0.1, 0.15) is 24.5 Å². The molecular formula is C22H26N2O6. The average Bonchev–Trinajstić information content (AvgIpc) is 2.77. The summed E-state index contributed by atoms with van der Waals surface area (Å²) in [6.07, 6.45) is -0.0440. The number of carbonyl (C=O) groups is 1. The Hall–Kier alpha value is -3.55. The second kappa shape index (κ2) is 12.1. The minimum atomic E-state index is -0.411. The van der Waals surface area contributed by atoms with Crippen LogP contribution >= 0.6 is 0 Å². The van der Waals surface area contributed by atoms with E-state index in [2.05, 4.69) is 10.3 Å². The second-order valence-corrected chi connectivity index (χ2v) is 5.99. The highest BCUT2D eigenvalue weighted by molar-refractivity contribution is 6.12. The molecule has 0 aliphatic heterocycles. The molecular weight excluding hydrogens is 388 g/mol. The third-order valence-corrected chi connectivity index (χ3v) is 3.99. The molecule has 160 valence electrons. The summed E-state index contributed by atoms with van der Waals surface area (Å²) in [5, 5.41) is 8.12. The van der Waals surface area contributed by atoms with Crippen molar-refractivity contribution in [2.24, 2.45) is 10.3 Å². The van der Waals surface area contributed by atoms with E-state index in [1.807, 2.05) is 48.5 Å². The summed E-state index contributed by atoms with van der Waals surface area (Å²) in [5.41, 5.74) is 2.63. The minimum absolute atomic E-state index is 0.0253. The molecule has 0 N–H and O–H groups in total. The van der Waals surface area contributed by atoms with Gasteiger partial charge in [0.15, 0.2) is 6.61 Å². The van der Waals surface area contributed by atoms with Crippen LogP contribution in [0.2, 0.25) is 0 Å². The van der Waals surface area contributed by atoms with E-state index < -0.39 is 5.97 Å². The number of ether oxygens (including phenoxy) is 3. The predicted molar refractivity (Wildman–Crippen MR) is 113 cm³/mol. The molecule has 0 radical (unpaired) electrons. The Kier molecular flexibility index (Phi) is 9.18. The summed E-state index contributed by atoms with van der Waals surface area (Å²) in [6, 6.07) is 14.9. The van der Waals surface area contributed by atoms with Gasteiger partial charge in [-0.2, -0.15) is 0 Å². The van der Waals surface area contributed by atoms with Crippen LogP contribution in [0.4, 0.5) is 0 Å². The fourth-order valence-electron chi connectivity index (χ4n) is 2.56. The summed E-state index contributed by atoms with van der Waals surface area (Å²) >= 11 is 0. The molecule has 2 aromatic carbocycles. The summed E-state index contributed by atoms with van der Waals surface area (Å²) in [4.78, 5) is 22.0. The number of nitrogens with zero attached hydrogens (tertiary/aromatic N) is 2. The molecule has 8 nitrogen and oxygen atoms in total. The zero-order valence-corrected chi connectivity index (χ0v) is 17.6. The highest BCUT2D eigenvalue weighted by Gasteiger charge is 2.12. The fraction of sp³-hybridized carbons (Fsp3) is 0.318. The number of hydrogen-bond donors (Lipinski definition) is 0. The number of benzene rings is 2. The van der Waals surface area contributed by atoms with E-state index >= 15 is 0 Å². The van der Waals surface area contributed by atoms with Crippen LogP contribution in [0.25, 0.3) is 0 Å². The zero-order valence-electron chi connectivity index (χ0n) is 17.6. The summed E-state index contributed by atoms with van der Waals surface area (Å²) in [6.45, 7) is 2.00. The number of carbonyl (C=O) groups excluding carboxylic acids is 1. The molecule has 0 saturated carbocycles. The largest absolute Gasteiger partial charge is 0.497 e. The monoisotopic (exact) mass is 414 g/mol. The van der Waals surface area contributed by atoms with Crippen molar-refractivity contribution in [3.8, 4) is 11.5 Å². The molecule has 0 heterocycles. The van der Waals surface area contributed by atoms with Crippen molar-refractivity contribution < 1.29 is 28.7 Å². The van der Waals surface area contributed by atoms with Gasteiger partial charge < -0.3 is 23.9 Å². The molecule has 0 unspecified atom stereocenters. The number of methoxy groups -OCH3 is 2. The van der Waals surface area contributed by atoms with Crippen molar-refractivity contribution in [2.45, 2.75) is 13.3 Å². The van der Waals surface area contributed by atoms with Crippen molar-refractivity contribution in [1.82, 2.24) is 0 Å². The molecule has 0 aliphatic rings. The van der Waals surface area contributed by atoms with E-state index in [0.29, 0.717) is 11.4 Å². The smallest absolute Gasteiger partial charge is 0.311 e. The van der Waals surface area contributed by atoms with Crippen molar-refractivity contribution in [3.63, 3.8) is 0 Å². The number of rotatable bonds is 11. The lowest BCUT2D eigenvalue weighted by atomic mass is 10.0.